The van der Waals surface area contributed by atoms with Gasteiger partial charge >= 0.3 is 0 Å². The Hall–Kier alpha value is -3.31. The van der Waals surface area contributed by atoms with Crippen LogP contribution in [-0.2, 0) is 13.6 Å². The van der Waals surface area contributed by atoms with Crippen LogP contribution in [-0.4, -0.2) is 33.0 Å². The number of benzene rings is 1. The summed E-state index contributed by atoms with van der Waals surface area (Å²) in [7, 11) is 3.17. The minimum atomic E-state index is -0.567. The van der Waals surface area contributed by atoms with Crippen molar-refractivity contribution < 1.29 is 14.3 Å². The molecule has 0 aliphatic rings. The Morgan fingerprint density at radius 2 is 1.89 bits per heavy atom. The zero-order valence-corrected chi connectivity index (χ0v) is 22.0. The quantitative estimate of drug-likeness (QED) is 0.283. The van der Waals surface area contributed by atoms with Gasteiger partial charge in [0.1, 0.15) is 16.4 Å². The number of thiophene rings is 1. The highest BCUT2D eigenvalue weighted by atomic mass is 35.5. The van der Waals surface area contributed by atoms with E-state index in [2.05, 4.69) is 15.6 Å². The number of nitrogens with one attached hydrogen (secondary N) is 3. The first-order valence-electron chi connectivity index (χ1n) is 10.3. The summed E-state index contributed by atoms with van der Waals surface area (Å²) in [6.45, 7) is 0.328. The molecule has 13 heteroatoms. The summed E-state index contributed by atoms with van der Waals surface area (Å²) in [5.74, 6) is -0.641. The van der Waals surface area contributed by atoms with Crippen molar-refractivity contribution in [1.29, 1.82) is 5.41 Å². The molecular weight excluding hydrogens is 547 g/mol. The first kappa shape index (κ1) is 25.8. The number of nitrogens with zero attached hydrogens (tertiary/aromatic N) is 3. The number of ether oxygens (including phenoxy) is 1. The molecule has 0 atom stereocenters. The van der Waals surface area contributed by atoms with Crippen LogP contribution in [0.4, 0.5) is 11.5 Å². The van der Waals surface area contributed by atoms with Gasteiger partial charge in [-0.3, -0.25) is 15.0 Å². The van der Waals surface area contributed by atoms with Gasteiger partial charge in [-0.1, -0.05) is 34.8 Å². The highest BCUT2D eigenvalue weighted by Crippen LogP contribution is 2.35. The molecule has 36 heavy (non-hydrogen) atoms. The molecule has 0 aliphatic heterocycles. The first-order valence-corrected chi connectivity index (χ1v) is 12.3. The van der Waals surface area contributed by atoms with Crippen molar-refractivity contribution in [3.8, 4) is 5.75 Å². The lowest BCUT2D eigenvalue weighted by molar-refractivity contribution is 0.102. The van der Waals surface area contributed by atoms with Gasteiger partial charge in [-0.05, 0) is 23.6 Å². The predicted molar refractivity (Wildman–Crippen MR) is 141 cm³/mol. The summed E-state index contributed by atoms with van der Waals surface area (Å²) < 4.78 is 8.74. The van der Waals surface area contributed by atoms with Crippen molar-refractivity contribution in [2.24, 2.45) is 7.05 Å². The topological polar surface area (TPSA) is 114 Å². The lowest BCUT2D eigenvalue weighted by Gasteiger charge is -2.15. The SMILES string of the molecule is COc1cc(Cl)cc(C(=O)Nc2ccc(Cl)cn2)c1NC(=O)c1scc(Cn2ccn(C)c2=N)c1Cl. The maximum atomic E-state index is 13.2. The molecule has 186 valence electrons. The van der Waals surface area contributed by atoms with Crippen LogP contribution in [0.1, 0.15) is 25.6 Å². The molecule has 9 nitrogen and oxygen atoms in total. The van der Waals surface area contributed by atoms with E-state index in [-0.39, 0.29) is 37.7 Å². The van der Waals surface area contributed by atoms with Gasteiger partial charge in [0, 0.05) is 42.3 Å². The third kappa shape index (κ3) is 5.41. The van der Waals surface area contributed by atoms with Crippen molar-refractivity contribution in [3.05, 3.63) is 84.9 Å². The molecule has 1 aromatic carbocycles. The first-order chi connectivity index (χ1) is 17.2. The van der Waals surface area contributed by atoms with Gasteiger partial charge in [-0.2, -0.15) is 0 Å². The summed E-state index contributed by atoms with van der Waals surface area (Å²) in [6, 6.07) is 6.02. The number of imidazole rings is 1. The number of aromatic nitrogens is 3. The molecular formula is C23H19Cl3N6O3S. The summed E-state index contributed by atoms with van der Waals surface area (Å²) >= 11 is 19.7. The number of carbonyl (C=O) groups is 2. The van der Waals surface area contributed by atoms with Gasteiger partial charge in [0.15, 0.2) is 0 Å². The van der Waals surface area contributed by atoms with Crippen molar-refractivity contribution in [2.75, 3.05) is 17.7 Å². The predicted octanol–water partition coefficient (Wildman–Crippen LogP) is 5.28. The summed E-state index contributed by atoms with van der Waals surface area (Å²) in [6.07, 6.45) is 4.91. The average molecular weight is 566 g/mol. The third-order valence-corrected chi connectivity index (χ3v) is 7.18. The van der Waals surface area contributed by atoms with Crippen LogP contribution in [0, 0.1) is 5.41 Å². The molecule has 4 rings (SSSR count). The maximum Gasteiger partial charge on any atom is 0.267 e. The molecule has 2 amide bonds. The fourth-order valence-corrected chi connectivity index (χ4v) is 4.89. The molecule has 3 aromatic heterocycles. The Morgan fingerprint density at radius 1 is 1.11 bits per heavy atom. The van der Waals surface area contributed by atoms with E-state index in [4.69, 9.17) is 44.9 Å². The van der Waals surface area contributed by atoms with Crippen molar-refractivity contribution in [3.63, 3.8) is 0 Å². The van der Waals surface area contributed by atoms with Gasteiger partial charge in [0.25, 0.3) is 11.8 Å². The second-order valence-electron chi connectivity index (χ2n) is 7.57. The number of pyridine rings is 1. The zero-order chi connectivity index (χ0) is 26.0. The zero-order valence-electron chi connectivity index (χ0n) is 18.9. The Kier molecular flexibility index (Phi) is 7.70. The Morgan fingerprint density at radius 3 is 2.53 bits per heavy atom. The number of carbonyl (C=O) groups excluding carboxylic acids is 2. The van der Waals surface area contributed by atoms with E-state index in [1.165, 1.54) is 25.4 Å². The normalized spacial score (nSPS) is 10.8. The van der Waals surface area contributed by atoms with Crippen LogP contribution < -0.4 is 21.0 Å². The second kappa shape index (κ2) is 10.8. The average Bonchev–Trinajstić information content (AvgIpc) is 3.38. The lowest BCUT2D eigenvalue weighted by atomic mass is 10.1. The maximum absolute atomic E-state index is 13.2. The van der Waals surface area contributed by atoms with Gasteiger partial charge < -0.3 is 24.5 Å². The Balaban J connectivity index is 1.62. The monoisotopic (exact) mass is 564 g/mol. The third-order valence-electron chi connectivity index (χ3n) is 5.16. The van der Waals surface area contributed by atoms with Crippen LogP contribution in [0.3, 0.4) is 0 Å². The number of anilines is 2. The molecule has 3 N–H and O–H groups in total. The highest BCUT2D eigenvalue weighted by molar-refractivity contribution is 7.13. The largest absolute Gasteiger partial charge is 0.494 e. The number of rotatable bonds is 7. The van der Waals surface area contributed by atoms with E-state index in [9.17, 15) is 9.59 Å². The molecule has 3 heterocycles. The van der Waals surface area contributed by atoms with Crippen molar-refractivity contribution in [1.82, 2.24) is 14.1 Å². The summed E-state index contributed by atoms with van der Waals surface area (Å²) in [4.78, 5) is 30.6. The Bertz CT molecular complexity index is 1510. The van der Waals surface area contributed by atoms with Crippen LogP contribution in [0.25, 0.3) is 0 Å². The molecule has 0 spiro atoms. The van der Waals surface area contributed by atoms with E-state index >= 15 is 0 Å². The number of aryl methyl sites for hydroxylation is 1. The second-order valence-corrected chi connectivity index (χ2v) is 9.70. The molecule has 0 aliphatic carbocycles. The number of amides is 2. The number of hydrogen-bond acceptors (Lipinski definition) is 6. The van der Waals surface area contributed by atoms with E-state index in [0.717, 1.165) is 11.3 Å². The van der Waals surface area contributed by atoms with Gasteiger partial charge in [0.05, 0.1) is 35.0 Å². The highest BCUT2D eigenvalue weighted by Gasteiger charge is 2.23. The minimum absolute atomic E-state index is 0.0658. The fourth-order valence-electron chi connectivity index (χ4n) is 3.33. The van der Waals surface area contributed by atoms with E-state index in [0.29, 0.717) is 22.7 Å². The van der Waals surface area contributed by atoms with Crippen LogP contribution >= 0.6 is 46.1 Å². The number of hydrogen-bond donors (Lipinski definition) is 3. The van der Waals surface area contributed by atoms with E-state index < -0.39 is 11.8 Å². The molecule has 4 aromatic rings. The molecule has 0 saturated carbocycles. The lowest BCUT2D eigenvalue weighted by Crippen LogP contribution is -2.22. The molecule has 0 unspecified atom stereocenters. The van der Waals surface area contributed by atoms with Crippen molar-refractivity contribution in [2.45, 2.75) is 6.54 Å². The van der Waals surface area contributed by atoms with Gasteiger partial charge in [-0.15, -0.1) is 11.3 Å². The van der Waals surface area contributed by atoms with E-state index in [1.807, 2.05) is 0 Å². The molecule has 0 fully saturated rings. The standard InChI is InChI=1S/C23H19Cl3N6O3S/c1-31-5-6-32(23(31)27)10-12-11-36-20(18(12)26)22(34)30-19-15(7-14(25)8-16(19)35-2)21(33)29-17-4-3-13(24)9-28-17/h3-9,11,27H,10H2,1-2H3,(H,30,34)(H,28,29,33). The van der Waals surface area contributed by atoms with Crippen LogP contribution in [0.2, 0.25) is 15.1 Å². The van der Waals surface area contributed by atoms with Gasteiger partial charge in [-0.25, -0.2) is 4.98 Å². The van der Waals surface area contributed by atoms with Crippen LogP contribution in [0.15, 0.2) is 48.2 Å². The van der Waals surface area contributed by atoms with Gasteiger partial charge in [0.2, 0.25) is 5.62 Å². The summed E-state index contributed by atoms with van der Waals surface area (Å²) in [5.41, 5.74) is 1.16. The van der Waals surface area contributed by atoms with Crippen molar-refractivity contribution >= 4 is 69.5 Å². The molecule has 0 bridgehead atoms. The summed E-state index contributed by atoms with van der Waals surface area (Å²) in [5, 5.41) is 16.1. The smallest absolute Gasteiger partial charge is 0.267 e. The molecule has 0 saturated heterocycles. The minimum Gasteiger partial charge on any atom is -0.494 e. The van der Waals surface area contributed by atoms with Crippen LogP contribution in [0.5, 0.6) is 5.75 Å². The number of halogens is 3. The fraction of sp³-hybridized carbons (Fsp3) is 0.130. The number of methoxy groups -OCH3 is 1. The Labute approximate surface area is 224 Å². The molecule has 0 radical (unpaired) electrons. The van der Waals surface area contributed by atoms with E-state index in [1.54, 1.807) is 46.1 Å².